The normalized spacial score (nSPS) is 12.2. The van der Waals surface area contributed by atoms with E-state index >= 15 is 0 Å². The molecular weight excluding hydrogens is 276 g/mol. The highest BCUT2D eigenvalue weighted by Gasteiger charge is 2.13. The molecule has 22 heavy (non-hydrogen) atoms. The van der Waals surface area contributed by atoms with Crippen LogP contribution in [-0.4, -0.2) is 56.7 Å². The lowest BCUT2D eigenvalue weighted by atomic mass is 10.0. The first-order valence-electron chi connectivity index (χ1n) is 8.05. The van der Waals surface area contributed by atoms with Crippen LogP contribution in [0.3, 0.4) is 0 Å². The van der Waals surface area contributed by atoms with Crippen molar-refractivity contribution in [1.29, 1.82) is 0 Å². The Labute approximate surface area is 135 Å². The van der Waals surface area contributed by atoms with Gasteiger partial charge in [-0.05, 0) is 45.3 Å². The molecule has 0 fully saturated rings. The lowest BCUT2D eigenvalue weighted by Crippen LogP contribution is -2.31. The summed E-state index contributed by atoms with van der Waals surface area (Å²) in [5.41, 5.74) is 1.41. The van der Waals surface area contributed by atoms with Crippen molar-refractivity contribution in [3.05, 3.63) is 35.9 Å². The Morgan fingerprint density at radius 1 is 1.05 bits per heavy atom. The summed E-state index contributed by atoms with van der Waals surface area (Å²) in [5.74, 6) is 0. The van der Waals surface area contributed by atoms with Crippen molar-refractivity contribution < 1.29 is 9.53 Å². The Morgan fingerprint density at radius 2 is 1.73 bits per heavy atom. The fourth-order valence-corrected chi connectivity index (χ4v) is 2.43. The molecule has 1 aromatic rings. The van der Waals surface area contributed by atoms with E-state index in [1.165, 1.54) is 23.3 Å². The highest BCUT2D eigenvalue weighted by atomic mass is 16.6. The van der Waals surface area contributed by atoms with Crippen molar-refractivity contribution in [2.75, 3.05) is 34.8 Å². The van der Waals surface area contributed by atoms with E-state index in [4.69, 9.17) is 4.74 Å². The summed E-state index contributed by atoms with van der Waals surface area (Å²) in [6.45, 7) is 0.485. The lowest BCUT2D eigenvalue weighted by molar-refractivity contribution is 0.106. The van der Waals surface area contributed by atoms with Gasteiger partial charge < -0.3 is 14.5 Å². The van der Waals surface area contributed by atoms with E-state index in [1.807, 2.05) is 0 Å². The Kier molecular flexibility index (Phi) is 8.60. The van der Waals surface area contributed by atoms with E-state index in [0.717, 1.165) is 19.3 Å². The molecule has 1 rings (SSSR count). The van der Waals surface area contributed by atoms with Crippen molar-refractivity contribution in [3.63, 3.8) is 0 Å². The van der Waals surface area contributed by atoms with Crippen LogP contribution in [-0.2, 0) is 11.2 Å². The first-order valence-corrected chi connectivity index (χ1v) is 8.05. The lowest BCUT2D eigenvalue weighted by Gasteiger charge is -2.24. The van der Waals surface area contributed by atoms with Gasteiger partial charge in [-0.3, -0.25) is 0 Å². The maximum Gasteiger partial charge on any atom is 0.409 e. The number of amides is 1. The van der Waals surface area contributed by atoms with Crippen LogP contribution in [0, 0.1) is 0 Å². The smallest absolute Gasteiger partial charge is 0.409 e. The van der Waals surface area contributed by atoms with Crippen LogP contribution in [0.1, 0.15) is 31.2 Å². The number of hydrogen-bond acceptors (Lipinski definition) is 3. The summed E-state index contributed by atoms with van der Waals surface area (Å²) < 4.78 is 5.22. The van der Waals surface area contributed by atoms with Crippen LogP contribution in [0.15, 0.2) is 30.3 Å². The number of aryl methyl sites for hydroxylation is 1. The molecule has 124 valence electrons. The van der Waals surface area contributed by atoms with Crippen LogP contribution >= 0.6 is 0 Å². The predicted octanol–water partition coefficient (Wildman–Crippen LogP) is 3.42. The zero-order chi connectivity index (χ0) is 16.4. The van der Waals surface area contributed by atoms with Crippen molar-refractivity contribution in [1.82, 2.24) is 9.80 Å². The van der Waals surface area contributed by atoms with E-state index in [1.54, 1.807) is 14.1 Å². The maximum absolute atomic E-state index is 11.4. The molecule has 1 amide bonds. The Bertz CT molecular complexity index is 418. The van der Waals surface area contributed by atoms with Gasteiger partial charge >= 0.3 is 6.09 Å². The van der Waals surface area contributed by atoms with E-state index in [9.17, 15) is 4.79 Å². The van der Waals surface area contributed by atoms with E-state index in [2.05, 4.69) is 49.3 Å². The third-order valence-electron chi connectivity index (χ3n) is 3.87. The molecule has 0 saturated heterocycles. The second-order valence-electron chi connectivity index (χ2n) is 6.15. The number of rotatable bonds is 9. The van der Waals surface area contributed by atoms with Crippen LogP contribution < -0.4 is 0 Å². The fourth-order valence-electron chi connectivity index (χ4n) is 2.43. The summed E-state index contributed by atoms with van der Waals surface area (Å²) in [7, 11) is 7.59. The van der Waals surface area contributed by atoms with Crippen LogP contribution in [0.4, 0.5) is 4.79 Å². The van der Waals surface area contributed by atoms with Gasteiger partial charge in [0, 0.05) is 20.1 Å². The zero-order valence-electron chi connectivity index (χ0n) is 14.4. The molecule has 1 aromatic carbocycles. The molecule has 4 heteroatoms. The van der Waals surface area contributed by atoms with Crippen molar-refractivity contribution in [3.8, 4) is 0 Å². The molecule has 0 aliphatic carbocycles. The van der Waals surface area contributed by atoms with Crippen LogP contribution in [0.5, 0.6) is 0 Å². The van der Waals surface area contributed by atoms with E-state index < -0.39 is 0 Å². The standard InChI is InChI=1S/C18H30N2O2/c1-19(2)17(14-15-22-18(21)20(3)4)13-9-8-12-16-10-6-5-7-11-16/h5-7,10-11,17H,8-9,12-15H2,1-4H3. The van der Waals surface area contributed by atoms with Gasteiger partial charge in [-0.25, -0.2) is 4.79 Å². The second kappa shape index (κ2) is 10.2. The molecular formula is C18H30N2O2. The first-order chi connectivity index (χ1) is 10.5. The Balaban J connectivity index is 2.22. The molecule has 0 spiro atoms. The van der Waals surface area contributed by atoms with Crippen molar-refractivity contribution in [2.45, 2.75) is 38.1 Å². The van der Waals surface area contributed by atoms with Crippen molar-refractivity contribution >= 4 is 6.09 Å². The molecule has 0 N–H and O–H groups in total. The van der Waals surface area contributed by atoms with Crippen LogP contribution in [0.2, 0.25) is 0 Å². The molecule has 1 unspecified atom stereocenters. The number of ether oxygens (including phenoxy) is 1. The predicted molar refractivity (Wildman–Crippen MR) is 91.1 cm³/mol. The highest BCUT2D eigenvalue weighted by molar-refractivity contribution is 5.66. The van der Waals surface area contributed by atoms with Gasteiger partial charge in [-0.2, -0.15) is 0 Å². The third kappa shape index (κ3) is 7.46. The van der Waals surface area contributed by atoms with Crippen LogP contribution in [0.25, 0.3) is 0 Å². The number of carbonyl (C=O) groups is 1. The second-order valence-corrected chi connectivity index (χ2v) is 6.15. The van der Waals surface area contributed by atoms with E-state index in [0.29, 0.717) is 12.6 Å². The average molecular weight is 306 g/mol. The molecule has 4 nitrogen and oxygen atoms in total. The molecule has 0 aromatic heterocycles. The van der Waals surface area contributed by atoms with Gasteiger partial charge in [0.05, 0.1) is 6.61 Å². The SMILES string of the molecule is CN(C)C(=O)OCCC(CCCCc1ccccc1)N(C)C. The van der Waals surface area contributed by atoms with E-state index in [-0.39, 0.29) is 6.09 Å². The summed E-state index contributed by atoms with van der Waals surface area (Å²) in [4.78, 5) is 15.1. The van der Waals surface area contributed by atoms with Gasteiger partial charge in [-0.1, -0.05) is 36.8 Å². The molecule has 1 atom stereocenters. The molecule has 0 saturated carbocycles. The number of unbranched alkanes of at least 4 members (excludes halogenated alkanes) is 1. The van der Waals surface area contributed by atoms with Gasteiger partial charge in [0.1, 0.15) is 0 Å². The summed E-state index contributed by atoms with van der Waals surface area (Å²) in [6, 6.07) is 11.1. The highest BCUT2D eigenvalue weighted by Crippen LogP contribution is 2.13. The van der Waals surface area contributed by atoms with Gasteiger partial charge in [0.15, 0.2) is 0 Å². The fraction of sp³-hybridized carbons (Fsp3) is 0.611. The van der Waals surface area contributed by atoms with Gasteiger partial charge in [-0.15, -0.1) is 0 Å². The number of benzene rings is 1. The monoisotopic (exact) mass is 306 g/mol. The number of nitrogens with zero attached hydrogens (tertiary/aromatic N) is 2. The zero-order valence-corrected chi connectivity index (χ0v) is 14.4. The minimum absolute atomic E-state index is 0.262. The quantitative estimate of drug-likeness (QED) is 0.655. The summed E-state index contributed by atoms with van der Waals surface area (Å²) in [6.07, 6.45) is 5.29. The summed E-state index contributed by atoms with van der Waals surface area (Å²) in [5, 5.41) is 0. The molecule has 0 aliphatic heterocycles. The van der Waals surface area contributed by atoms with Crippen molar-refractivity contribution in [2.24, 2.45) is 0 Å². The number of carbonyl (C=O) groups excluding carboxylic acids is 1. The molecule has 0 aliphatic rings. The Hall–Kier alpha value is -1.55. The largest absolute Gasteiger partial charge is 0.449 e. The Morgan fingerprint density at radius 3 is 2.32 bits per heavy atom. The minimum Gasteiger partial charge on any atom is -0.449 e. The molecule has 0 heterocycles. The topological polar surface area (TPSA) is 32.8 Å². The maximum atomic E-state index is 11.4. The van der Waals surface area contributed by atoms with Gasteiger partial charge in [0.25, 0.3) is 0 Å². The molecule has 0 bridgehead atoms. The summed E-state index contributed by atoms with van der Waals surface area (Å²) >= 11 is 0. The number of hydrogen-bond donors (Lipinski definition) is 0. The average Bonchev–Trinajstić information content (AvgIpc) is 2.50. The van der Waals surface area contributed by atoms with Gasteiger partial charge in [0.2, 0.25) is 0 Å². The third-order valence-corrected chi connectivity index (χ3v) is 3.87. The minimum atomic E-state index is -0.262. The molecule has 0 radical (unpaired) electrons. The first kappa shape index (κ1) is 18.5.